The Morgan fingerprint density at radius 2 is 2.20 bits per heavy atom. The van der Waals surface area contributed by atoms with Crippen molar-refractivity contribution in [3.05, 3.63) is 39.9 Å². The van der Waals surface area contributed by atoms with E-state index >= 15 is 0 Å². The SMILES string of the molecule is N#Cc1cc(Br)cc(S(=O)(=O)NCC2=CCNCC2)c1. The molecule has 0 saturated heterocycles. The van der Waals surface area contributed by atoms with Crippen LogP contribution in [0.2, 0.25) is 0 Å². The summed E-state index contributed by atoms with van der Waals surface area (Å²) >= 11 is 3.21. The predicted octanol–water partition coefficient (Wildman–Crippen LogP) is 1.52. The van der Waals surface area contributed by atoms with Crippen LogP contribution in [0.4, 0.5) is 0 Å². The molecule has 20 heavy (non-hydrogen) atoms. The standard InChI is InChI=1S/C13H14BrN3O2S/c14-12-5-11(8-15)6-13(7-12)20(18,19)17-9-10-1-3-16-4-2-10/h1,5-7,16-17H,2-4,9H2. The van der Waals surface area contributed by atoms with Crippen molar-refractivity contribution in [2.45, 2.75) is 11.3 Å². The van der Waals surface area contributed by atoms with Gasteiger partial charge in [-0.1, -0.05) is 27.6 Å². The third-order valence-electron chi connectivity index (χ3n) is 2.96. The molecule has 0 aromatic heterocycles. The highest BCUT2D eigenvalue weighted by molar-refractivity contribution is 9.10. The lowest BCUT2D eigenvalue weighted by atomic mass is 10.1. The number of hydrogen-bond acceptors (Lipinski definition) is 4. The number of hydrogen-bond donors (Lipinski definition) is 2. The van der Waals surface area contributed by atoms with Gasteiger partial charge in [-0.05, 0) is 31.2 Å². The molecular weight excluding hydrogens is 342 g/mol. The maximum absolute atomic E-state index is 12.2. The van der Waals surface area contributed by atoms with Crippen molar-refractivity contribution in [2.75, 3.05) is 19.6 Å². The van der Waals surface area contributed by atoms with Crippen molar-refractivity contribution in [1.29, 1.82) is 5.26 Å². The van der Waals surface area contributed by atoms with Crippen LogP contribution in [0.1, 0.15) is 12.0 Å². The summed E-state index contributed by atoms with van der Waals surface area (Å²) in [6, 6.07) is 6.37. The lowest BCUT2D eigenvalue weighted by Gasteiger charge is -2.15. The van der Waals surface area contributed by atoms with E-state index in [0.717, 1.165) is 25.1 Å². The second-order valence-electron chi connectivity index (χ2n) is 4.43. The fraction of sp³-hybridized carbons (Fsp3) is 0.308. The van der Waals surface area contributed by atoms with Crippen molar-refractivity contribution in [1.82, 2.24) is 10.0 Å². The van der Waals surface area contributed by atoms with E-state index < -0.39 is 10.0 Å². The first-order chi connectivity index (χ1) is 9.51. The van der Waals surface area contributed by atoms with Crippen molar-refractivity contribution in [2.24, 2.45) is 0 Å². The zero-order valence-corrected chi connectivity index (χ0v) is 13.1. The van der Waals surface area contributed by atoms with Gasteiger partial charge in [0, 0.05) is 17.6 Å². The molecule has 0 spiro atoms. The fourth-order valence-corrected chi connectivity index (χ4v) is 3.63. The van der Waals surface area contributed by atoms with Gasteiger partial charge in [-0.25, -0.2) is 13.1 Å². The molecular formula is C13H14BrN3O2S. The van der Waals surface area contributed by atoms with Crippen LogP contribution in [-0.4, -0.2) is 28.1 Å². The molecule has 7 heteroatoms. The summed E-state index contributed by atoms with van der Waals surface area (Å²) < 4.78 is 27.6. The van der Waals surface area contributed by atoms with Crippen LogP contribution in [0, 0.1) is 11.3 Å². The molecule has 0 bridgehead atoms. The summed E-state index contributed by atoms with van der Waals surface area (Å²) in [5, 5.41) is 12.1. The van der Waals surface area contributed by atoms with Gasteiger partial charge in [0.05, 0.1) is 16.5 Å². The highest BCUT2D eigenvalue weighted by atomic mass is 79.9. The molecule has 1 aliphatic heterocycles. The summed E-state index contributed by atoms with van der Waals surface area (Å²) in [4.78, 5) is 0.0953. The monoisotopic (exact) mass is 355 g/mol. The summed E-state index contributed by atoms with van der Waals surface area (Å²) in [6.45, 7) is 1.94. The molecule has 0 atom stereocenters. The number of sulfonamides is 1. The maximum Gasteiger partial charge on any atom is 0.240 e. The van der Waals surface area contributed by atoms with Gasteiger partial charge in [0.1, 0.15) is 0 Å². The molecule has 0 unspecified atom stereocenters. The second kappa shape index (κ2) is 6.50. The van der Waals surface area contributed by atoms with E-state index in [1.807, 2.05) is 12.1 Å². The van der Waals surface area contributed by atoms with Gasteiger partial charge in [0.25, 0.3) is 0 Å². The van der Waals surface area contributed by atoms with E-state index in [4.69, 9.17) is 5.26 Å². The highest BCUT2D eigenvalue weighted by Crippen LogP contribution is 2.19. The smallest absolute Gasteiger partial charge is 0.240 e. The average Bonchev–Trinajstić information content (AvgIpc) is 2.45. The van der Waals surface area contributed by atoms with E-state index in [-0.39, 0.29) is 4.90 Å². The van der Waals surface area contributed by atoms with E-state index in [1.165, 1.54) is 12.1 Å². The molecule has 0 aliphatic carbocycles. The normalized spacial score (nSPS) is 15.5. The minimum atomic E-state index is -3.61. The van der Waals surface area contributed by atoms with Gasteiger partial charge in [0.15, 0.2) is 0 Å². The van der Waals surface area contributed by atoms with E-state index in [9.17, 15) is 8.42 Å². The van der Waals surface area contributed by atoms with Crippen LogP contribution in [0.5, 0.6) is 0 Å². The molecule has 106 valence electrons. The number of nitrogens with one attached hydrogen (secondary N) is 2. The van der Waals surface area contributed by atoms with Crippen molar-refractivity contribution in [3.8, 4) is 6.07 Å². The number of nitriles is 1. The molecule has 5 nitrogen and oxygen atoms in total. The first kappa shape index (κ1) is 15.2. The fourth-order valence-electron chi connectivity index (χ4n) is 1.88. The third kappa shape index (κ3) is 3.90. The molecule has 1 heterocycles. The van der Waals surface area contributed by atoms with Crippen LogP contribution in [-0.2, 0) is 10.0 Å². The molecule has 1 aromatic carbocycles. The Morgan fingerprint density at radius 3 is 2.85 bits per heavy atom. The number of rotatable bonds is 4. The maximum atomic E-state index is 12.2. The summed E-state index contributed by atoms with van der Waals surface area (Å²) in [5.41, 5.74) is 1.38. The molecule has 0 amide bonds. The number of benzene rings is 1. The van der Waals surface area contributed by atoms with Crippen LogP contribution in [0.3, 0.4) is 0 Å². The minimum Gasteiger partial charge on any atom is -0.313 e. The molecule has 0 radical (unpaired) electrons. The van der Waals surface area contributed by atoms with Gasteiger partial charge in [-0.2, -0.15) is 5.26 Å². The Bertz CT molecular complexity index is 677. The zero-order chi connectivity index (χ0) is 14.6. The Morgan fingerprint density at radius 1 is 1.40 bits per heavy atom. The Balaban J connectivity index is 2.16. The topological polar surface area (TPSA) is 82.0 Å². The molecule has 2 rings (SSSR count). The van der Waals surface area contributed by atoms with Crippen LogP contribution < -0.4 is 10.0 Å². The zero-order valence-electron chi connectivity index (χ0n) is 10.7. The molecule has 1 aliphatic rings. The average molecular weight is 356 g/mol. The highest BCUT2D eigenvalue weighted by Gasteiger charge is 2.16. The molecule has 1 aromatic rings. The van der Waals surface area contributed by atoms with E-state index in [1.54, 1.807) is 6.07 Å². The van der Waals surface area contributed by atoms with Gasteiger partial charge >= 0.3 is 0 Å². The lowest BCUT2D eigenvalue weighted by molar-refractivity contribution is 0.582. The van der Waals surface area contributed by atoms with Crippen molar-refractivity contribution in [3.63, 3.8) is 0 Å². The lowest BCUT2D eigenvalue weighted by Crippen LogP contribution is -2.29. The van der Waals surface area contributed by atoms with Crippen LogP contribution in [0.25, 0.3) is 0 Å². The second-order valence-corrected chi connectivity index (χ2v) is 7.11. The molecule has 2 N–H and O–H groups in total. The Kier molecular flexibility index (Phi) is 4.94. The van der Waals surface area contributed by atoms with Gasteiger partial charge in [-0.15, -0.1) is 0 Å². The Hall–Kier alpha value is -1.20. The molecule has 0 saturated carbocycles. The van der Waals surface area contributed by atoms with Gasteiger partial charge < -0.3 is 5.32 Å². The number of nitrogens with zero attached hydrogens (tertiary/aromatic N) is 1. The predicted molar refractivity (Wildman–Crippen MR) is 79.6 cm³/mol. The minimum absolute atomic E-state index is 0.0953. The van der Waals surface area contributed by atoms with Crippen molar-refractivity contribution >= 4 is 26.0 Å². The third-order valence-corrected chi connectivity index (χ3v) is 4.80. The first-order valence-corrected chi connectivity index (χ1v) is 8.38. The summed E-state index contributed by atoms with van der Waals surface area (Å²) in [6.07, 6.45) is 2.83. The van der Waals surface area contributed by atoms with Crippen molar-refractivity contribution < 1.29 is 8.42 Å². The molecule has 0 fully saturated rings. The van der Waals surface area contributed by atoms with E-state index in [0.29, 0.717) is 16.6 Å². The van der Waals surface area contributed by atoms with Gasteiger partial charge in [0.2, 0.25) is 10.0 Å². The van der Waals surface area contributed by atoms with Gasteiger partial charge in [-0.3, -0.25) is 0 Å². The van der Waals surface area contributed by atoms with E-state index in [2.05, 4.69) is 26.0 Å². The van der Waals surface area contributed by atoms with Crippen LogP contribution in [0.15, 0.2) is 39.2 Å². The Labute approximate surface area is 126 Å². The summed E-state index contributed by atoms with van der Waals surface area (Å²) in [7, 11) is -3.61. The summed E-state index contributed by atoms with van der Waals surface area (Å²) in [5.74, 6) is 0. The number of halogens is 1. The van der Waals surface area contributed by atoms with Crippen LogP contribution >= 0.6 is 15.9 Å². The largest absolute Gasteiger partial charge is 0.313 e. The quantitative estimate of drug-likeness (QED) is 0.802. The first-order valence-electron chi connectivity index (χ1n) is 6.10.